The maximum Gasteiger partial charge on any atom is 0.224 e. The maximum absolute atomic E-state index is 5.83. The van der Waals surface area contributed by atoms with Crippen molar-refractivity contribution in [3.05, 3.63) is 54.4 Å². The summed E-state index contributed by atoms with van der Waals surface area (Å²) in [5, 5.41) is 2.30. The van der Waals surface area contributed by atoms with E-state index in [1.165, 1.54) is 5.39 Å². The highest BCUT2D eigenvalue weighted by Gasteiger charge is 2.08. The van der Waals surface area contributed by atoms with E-state index in [0.29, 0.717) is 17.5 Å². The number of anilines is 1. The maximum atomic E-state index is 5.83. The second kappa shape index (κ2) is 5.40. The van der Waals surface area contributed by atoms with Gasteiger partial charge in [0, 0.05) is 12.0 Å². The monoisotopic (exact) mass is 279 g/mol. The lowest BCUT2D eigenvalue weighted by Gasteiger charge is -2.10. The predicted molar refractivity (Wildman–Crippen MR) is 84.6 cm³/mol. The number of nitrogen functional groups attached to an aromatic ring is 1. The summed E-state index contributed by atoms with van der Waals surface area (Å²) < 4.78 is 5.83. The fraction of sp³-hybridized carbons (Fsp3) is 0.176. The van der Waals surface area contributed by atoms with Crippen LogP contribution in [0.15, 0.2) is 48.5 Å². The Kier molecular flexibility index (Phi) is 3.44. The van der Waals surface area contributed by atoms with Crippen molar-refractivity contribution in [1.29, 1.82) is 0 Å². The molecule has 0 aliphatic rings. The molecular formula is C17H17N3O. The minimum Gasteiger partial charge on any atom is -0.439 e. The summed E-state index contributed by atoms with van der Waals surface area (Å²) in [6.45, 7) is 4.04. The molecule has 2 aromatic carbocycles. The summed E-state index contributed by atoms with van der Waals surface area (Å²) in [5.74, 6) is 2.52. The van der Waals surface area contributed by atoms with Crippen LogP contribution in [-0.4, -0.2) is 9.97 Å². The summed E-state index contributed by atoms with van der Waals surface area (Å²) in [5.41, 5.74) is 5.81. The molecule has 1 heterocycles. The molecule has 0 fully saturated rings. The van der Waals surface area contributed by atoms with Crippen LogP contribution in [0.5, 0.6) is 11.6 Å². The van der Waals surface area contributed by atoms with E-state index in [1.54, 1.807) is 6.07 Å². The molecular weight excluding hydrogens is 262 g/mol. The summed E-state index contributed by atoms with van der Waals surface area (Å²) in [4.78, 5) is 8.61. The number of rotatable bonds is 3. The van der Waals surface area contributed by atoms with Crippen LogP contribution >= 0.6 is 0 Å². The van der Waals surface area contributed by atoms with Gasteiger partial charge in [-0.2, -0.15) is 4.98 Å². The third-order valence-corrected chi connectivity index (χ3v) is 3.20. The Morgan fingerprint density at radius 2 is 1.71 bits per heavy atom. The zero-order chi connectivity index (χ0) is 14.8. The molecule has 0 aliphatic heterocycles. The average molecular weight is 279 g/mol. The average Bonchev–Trinajstić information content (AvgIpc) is 2.46. The van der Waals surface area contributed by atoms with Gasteiger partial charge in [0.15, 0.2) is 0 Å². The fourth-order valence-corrected chi connectivity index (χ4v) is 2.12. The van der Waals surface area contributed by atoms with Crippen LogP contribution < -0.4 is 10.5 Å². The first-order valence-corrected chi connectivity index (χ1v) is 6.93. The van der Waals surface area contributed by atoms with Gasteiger partial charge >= 0.3 is 0 Å². The molecule has 2 N–H and O–H groups in total. The number of fused-ring (bicyclic) bond motifs is 1. The number of benzene rings is 2. The van der Waals surface area contributed by atoms with Gasteiger partial charge in [-0.25, -0.2) is 4.98 Å². The van der Waals surface area contributed by atoms with Crippen LogP contribution in [0.4, 0.5) is 5.82 Å². The van der Waals surface area contributed by atoms with Gasteiger partial charge in [-0.15, -0.1) is 0 Å². The van der Waals surface area contributed by atoms with Crippen LogP contribution in [0.2, 0.25) is 0 Å². The van der Waals surface area contributed by atoms with E-state index in [0.717, 1.165) is 11.1 Å². The van der Waals surface area contributed by atoms with Crippen molar-refractivity contribution in [2.75, 3.05) is 5.73 Å². The highest BCUT2D eigenvalue weighted by Crippen LogP contribution is 2.26. The van der Waals surface area contributed by atoms with Crippen LogP contribution in [0, 0.1) is 0 Å². The van der Waals surface area contributed by atoms with Crippen molar-refractivity contribution in [2.45, 2.75) is 19.8 Å². The van der Waals surface area contributed by atoms with Crippen LogP contribution in [-0.2, 0) is 0 Å². The van der Waals surface area contributed by atoms with E-state index < -0.39 is 0 Å². The molecule has 0 unspecified atom stereocenters. The zero-order valence-corrected chi connectivity index (χ0v) is 12.1. The topological polar surface area (TPSA) is 61.0 Å². The lowest BCUT2D eigenvalue weighted by Crippen LogP contribution is -2.02. The van der Waals surface area contributed by atoms with Crippen molar-refractivity contribution in [2.24, 2.45) is 0 Å². The van der Waals surface area contributed by atoms with E-state index in [4.69, 9.17) is 10.5 Å². The molecule has 0 aliphatic carbocycles. The van der Waals surface area contributed by atoms with Gasteiger partial charge in [0.1, 0.15) is 17.4 Å². The van der Waals surface area contributed by atoms with E-state index in [1.807, 2.05) is 44.2 Å². The first-order valence-electron chi connectivity index (χ1n) is 6.93. The Hall–Kier alpha value is -2.62. The summed E-state index contributed by atoms with van der Waals surface area (Å²) in [7, 11) is 0. The molecule has 21 heavy (non-hydrogen) atoms. The molecule has 0 radical (unpaired) electrons. The van der Waals surface area contributed by atoms with Crippen molar-refractivity contribution in [3.8, 4) is 11.6 Å². The number of nitrogens with two attached hydrogens (primary N) is 1. The normalized spacial score (nSPS) is 11.0. The molecule has 3 rings (SSSR count). The quantitative estimate of drug-likeness (QED) is 0.783. The number of ether oxygens (including phenoxy) is 1. The van der Waals surface area contributed by atoms with Gasteiger partial charge < -0.3 is 10.5 Å². The molecule has 0 atom stereocenters. The molecule has 106 valence electrons. The fourth-order valence-electron chi connectivity index (χ4n) is 2.12. The summed E-state index contributed by atoms with van der Waals surface area (Å²) in [6, 6.07) is 15.7. The van der Waals surface area contributed by atoms with Crippen LogP contribution in [0.3, 0.4) is 0 Å². The van der Waals surface area contributed by atoms with E-state index in [9.17, 15) is 0 Å². The van der Waals surface area contributed by atoms with E-state index in [2.05, 4.69) is 22.1 Å². The Labute approximate surface area is 123 Å². The van der Waals surface area contributed by atoms with Crippen molar-refractivity contribution in [3.63, 3.8) is 0 Å². The SMILES string of the molecule is CC(C)c1nc(N)cc(Oc2ccc3ccccc3c2)n1. The van der Waals surface area contributed by atoms with Gasteiger partial charge in [-0.3, -0.25) is 0 Å². The van der Waals surface area contributed by atoms with Gasteiger partial charge in [-0.1, -0.05) is 44.2 Å². The van der Waals surface area contributed by atoms with E-state index >= 15 is 0 Å². The number of aromatic nitrogens is 2. The highest BCUT2D eigenvalue weighted by molar-refractivity contribution is 5.83. The lowest BCUT2D eigenvalue weighted by molar-refractivity contribution is 0.458. The standard InChI is InChI=1S/C17H17N3O/c1-11(2)17-19-15(18)10-16(20-17)21-14-8-7-12-5-3-4-6-13(12)9-14/h3-11H,1-2H3,(H2,18,19,20). The molecule has 0 bridgehead atoms. The first-order chi connectivity index (χ1) is 10.1. The highest BCUT2D eigenvalue weighted by atomic mass is 16.5. The Morgan fingerprint density at radius 3 is 2.48 bits per heavy atom. The largest absolute Gasteiger partial charge is 0.439 e. The predicted octanol–water partition coefficient (Wildman–Crippen LogP) is 4.13. The number of hydrogen-bond acceptors (Lipinski definition) is 4. The molecule has 1 aromatic heterocycles. The van der Waals surface area contributed by atoms with Crippen molar-refractivity contribution >= 4 is 16.6 Å². The van der Waals surface area contributed by atoms with Crippen molar-refractivity contribution < 1.29 is 4.74 Å². The summed E-state index contributed by atoms with van der Waals surface area (Å²) >= 11 is 0. The van der Waals surface area contributed by atoms with Crippen LogP contribution in [0.25, 0.3) is 10.8 Å². The van der Waals surface area contributed by atoms with Gasteiger partial charge in [-0.05, 0) is 22.9 Å². The van der Waals surface area contributed by atoms with E-state index in [-0.39, 0.29) is 5.92 Å². The lowest BCUT2D eigenvalue weighted by atomic mass is 10.1. The number of hydrogen-bond donors (Lipinski definition) is 1. The zero-order valence-electron chi connectivity index (χ0n) is 12.1. The molecule has 0 saturated carbocycles. The minimum absolute atomic E-state index is 0.201. The first kappa shape index (κ1) is 13.4. The van der Waals surface area contributed by atoms with Gasteiger partial charge in [0.25, 0.3) is 0 Å². The molecule has 4 heteroatoms. The molecule has 0 amide bonds. The Balaban J connectivity index is 1.94. The molecule has 3 aromatic rings. The third kappa shape index (κ3) is 2.94. The molecule has 0 saturated heterocycles. The Morgan fingerprint density at radius 1 is 0.952 bits per heavy atom. The minimum atomic E-state index is 0.201. The summed E-state index contributed by atoms with van der Waals surface area (Å²) in [6.07, 6.45) is 0. The number of nitrogens with zero attached hydrogens (tertiary/aromatic N) is 2. The third-order valence-electron chi connectivity index (χ3n) is 3.20. The van der Waals surface area contributed by atoms with Gasteiger partial charge in [0.05, 0.1) is 0 Å². The van der Waals surface area contributed by atoms with Gasteiger partial charge in [0.2, 0.25) is 5.88 Å². The second-order valence-electron chi connectivity index (χ2n) is 5.25. The van der Waals surface area contributed by atoms with Crippen LogP contribution in [0.1, 0.15) is 25.6 Å². The Bertz CT molecular complexity index is 784. The molecule has 4 nitrogen and oxygen atoms in total. The second-order valence-corrected chi connectivity index (χ2v) is 5.25. The smallest absolute Gasteiger partial charge is 0.224 e. The van der Waals surface area contributed by atoms with Crippen molar-refractivity contribution in [1.82, 2.24) is 9.97 Å². The molecule has 0 spiro atoms.